The van der Waals surface area contributed by atoms with Gasteiger partial charge >= 0.3 is 11.9 Å². The van der Waals surface area contributed by atoms with E-state index in [0.29, 0.717) is 12.2 Å². The molecule has 0 saturated carbocycles. The van der Waals surface area contributed by atoms with E-state index in [1.54, 1.807) is 0 Å². The molecule has 4 aromatic rings. The lowest BCUT2D eigenvalue weighted by Crippen LogP contribution is -2.40. The molecule has 206 valence electrons. The van der Waals surface area contributed by atoms with E-state index < -0.39 is 20.3 Å². The molecule has 9 heteroatoms. The van der Waals surface area contributed by atoms with Gasteiger partial charge in [0, 0.05) is 11.1 Å². The predicted molar refractivity (Wildman–Crippen MR) is 150 cm³/mol. The molecule has 39 heavy (non-hydrogen) atoms. The van der Waals surface area contributed by atoms with Crippen molar-refractivity contribution >= 4 is 20.3 Å². The average Bonchev–Trinajstić information content (AvgIpc) is 3.57. The summed E-state index contributed by atoms with van der Waals surface area (Å²) in [6.45, 7) is 11.5. The van der Waals surface area contributed by atoms with Crippen LogP contribution in [0.25, 0.3) is 11.1 Å². The fraction of sp³-hybridized carbons (Fsp3) is 0.267. The summed E-state index contributed by atoms with van der Waals surface area (Å²) < 4.78 is 21.4. The van der Waals surface area contributed by atoms with E-state index in [-0.39, 0.29) is 23.2 Å². The summed E-state index contributed by atoms with van der Waals surface area (Å²) in [5, 5.41) is 17.7. The molecule has 0 amide bonds. The SMILES string of the molecule is CC(C)(C)[Si](C)(C)OCc1coc(C(=O)O)c1.O=C(O)c1cc(COc2ccc(-c3ccccc3)cc2)co1. The molecule has 0 bridgehead atoms. The second-order valence-corrected chi connectivity index (χ2v) is 15.3. The number of carboxylic acids is 2. The molecule has 0 atom stereocenters. The molecule has 0 spiro atoms. The normalized spacial score (nSPS) is 11.4. The Balaban J connectivity index is 0.000000224. The van der Waals surface area contributed by atoms with Crippen LogP contribution in [-0.2, 0) is 17.6 Å². The summed E-state index contributed by atoms with van der Waals surface area (Å²) >= 11 is 0. The van der Waals surface area contributed by atoms with Gasteiger partial charge < -0.3 is 28.2 Å². The highest BCUT2D eigenvalue weighted by atomic mass is 28.4. The van der Waals surface area contributed by atoms with Gasteiger partial charge in [-0.2, -0.15) is 0 Å². The number of aromatic carboxylic acids is 2. The van der Waals surface area contributed by atoms with Crippen molar-refractivity contribution in [3.05, 3.63) is 102 Å². The largest absolute Gasteiger partial charge is 0.489 e. The Labute approximate surface area is 228 Å². The highest BCUT2D eigenvalue weighted by Crippen LogP contribution is 2.37. The van der Waals surface area contributed by atoms with Gasteiger partial charge in [0.25, 0.3) is 0 Å². The lowest BCUT2D eigenvalue weighted by molar-refractivity contribution is 0.0652. The van der Waals surface area contributed by atoms with Crippen molar-refractivity contribution in [3.8, 4) is 16.9 Å². The van der Waals surface area contributed by atoms with Gasteiger partial charge in [0.15, 0.2) is 8.32 Å². The average molecular weight is 551 g/mol. The molecular weight excluding hydrogens is 516 g/mol. The van der Waals surface area contributed by atoms with E-state index in [0.717, 1.165) is 22.4 Å². The van der Waals surface area contributed by atoms with Crippen LogP contribution >= 0.6 is 0 Å². The molecule has 0 fully saturated rings. The number of carbonyl (C=O) groups is 2. The molecule has 0 aliphatic heterocycles. The minimum atomic E-state index is -1.79. The summed E-state index contributed by atoms with van der Waals surface area (Å²) in [5.74, 6) is -1.54. The van der Waals surface area contributed by atoms with Crippen molar-refractivity contribution in [2.45, 2.75) is 52.1 Å². The number of benzene rings is 2. The smallest absolute Gasteiger partial charge is 0.371 e. The van der Waals surface area contributed by atoms with Crippen molar-refractivity contribution in [2.75, 3.05) is 0 Å². The Morgan fingerprint density at radius 1 is 0.769 bits per heavy atom. The summed E-state index contributed by atoms with van der Waals surface area (Å²) in [6, 6.07) is 20.8. The Bertz CT molecular complexity index is 1360. The maximum absolute atomic E-state index is 10.7. The number of hydrogen-bond acceptors (Lipinski definition) is 6. The fourth-order valence-corrected chi connectivity index (χ4v) is 4.11. The van der Waals surface area contributed by atoms with Gasteiger partial charge in [-0.1, -0.05) is 63.2 Å². The van der Waals surface area contributed by atoms with E-state index in [9.17, 15) is 9.59 Å². The van der Waals surface area contributed by atoms with Crippen LogP contribution in [0.5, 0.6) is 5.75 Å². The Morgan fingerprint density at radius 2 is 1.26 bits per heavy atom. The van der Waals surface area contributed by atoms with Crippen LogP contribution < -0.4 is 4.74 Å². The summed E-state index contributed by atoms with van der Waals surface area (Å²) in [7, 11) is -1.79. The maximum Gasteiger partial charge on any atom is 0.371 e. The van der Waals surface area contributed by atoms with Gasteiger partial charge in [-0.25, -0.2) is 9.59 Å². The zero-order chi connectivity index (χ0) is 28.6. The molecule has 2 aromatic carbocycles. The minimum Gasteiger partial charge on any atom is -0.489 e. The molecule has 2 heterocycles. The number of carboxylic acid groups (broad SMARTS) is 2. The second-order valence-electron chi connectivity index (χ2n) is 10.5. The topological polar surface area (TPSA) is 119 Å². The number of ether oxygens (including phenoxy) is 1. The van der Waals surface area contributed by atoms with Crippen LogP contribution in [0.2, 0.25) is 18.1 Å². The van der Waals surface area contributed by atoms with E-state index >= 15 is 0 Å². The van der Waals surface area contributed by atoms with Crippen LogP contribution in [0.15, 0.2) is 88.1 Å². The van der Waals surface area contributed by atoms with Gasteiger partial charge in [-0.05, 0) is 53.5 Å². The van der Waals surface area contributed by atoms with Crippen LogP contribution in [0.1, 0.15) is 53.0 Å². The van der Waals surface area contributed by atoms with Crippen LogP contribution in [0.4, 0.5) is 0 Å². The number of hydrogen-bond donors (Lipinski definition) is 2. The third-order valence-corrected chi connectivity index (χ3v) is 11.0. The minimum absolute atomic E-state index is 0.0427. The zero-order valence-electron chi connectivity index (χ0n) is 22.8. The first-order valence-electron chi connectivity index (χ1n) is 12.4. The first-order valence-corrected chi connectivity index (χ1v) is 15.3. The van der Waals surface area contributed by atoms with E-state index in [1.807, 2.05) is 42.5 Å². The first-order chi connectivity index (χ1) is 18.4. The molecular formula is C30H34O8Si. The Morgan fingerprint density at radius 3 is 1.72 bits per heavy atom. The third-order valence-electron chi connectivity index (χ3n) is 6.50. The fourth-order valence-electron chi connectivity index (χ4n) is 3.15. The molecule has 0 aliphatic rings. The van der Waals surface area contributed by atoms with Crippen molar-refractivity contribution in [1.29, 1.82) is 0 Å². The van der Waals surface area contributed by atoms with Crippen molar-refractivity contribution in [1.82, 2.24) is 0 Å². The van der Waals surface area contributed by atoms with Crippen LogP contribution in [-0.4, -0.2) is 30.5 Å². The van der Waals surface area contributed by atoms with Crippen molar-refractivity contribution in [2.24, 2.45) is 0 Å². The van der Waals surface area contributed by atoms with Crippen molar-refractivity contribution in [3.63, 3.8) is 0 Å². The molecule has 2 N–H and O–H groups in total. The lowest BCUT2D eigenvalue weighted by atomic mass is 10.1. The summed E-state index contributed by atoms with van der Waals surface area (Å²) in [4.78, 5) is 21.4. The van der Waals surface area contributed by atoms with Crippen LogP contribution in [0.3, 0.4) is 0 Å². The van der Waals surface area contributed by atoms with E-state index in [2.05, 4.69) is 46.0 Å². The molecule has 0 radical (unpaired) electrons. The highest BCUT2D eigenvalue weighted by molar-refractivity contribution is 6.74. The van der Waals surface area contributed by atoms with Gasteiger partial charge in [-0.15, -0.1) is 0 Å². The molecule has 0 unspecified atom stereocenters. The first kappa shape index (κ1) is 29.5. The monoisotopic (exact) mass is 550 g/mol. The van der Waals surface area contributed by atoms with Crippen molar-refractivity contribution < 1.29 is 37.8 Å². The number of furan rings is 2. The molecule has 8 nitrogen and oxygen atoms in total. The Kier molecular flexibility index (Phi) is 9.55. The quantitative estimate of drug-likeness (QED) is 0.203. The van der Waals surface area contributed by atoms with Gasteiger partial charge in [0.1, 0.15) is 12.4 Å². The van der Waals surface area contributed by atoms with E-state index in [1.165, 1.54) is 24.7 Å². The summed E-state index contributed by atoms with van der Waals surface area (Å²) in [6.07, 6.45) is 2.83. The van der Waals surface area contributed by atoms with Gasteiger partial charge in [0.2, 0.25) is 11.5 Å². The second kappa shape index (κ2) is 12.6. The van der Waals surface area contributed by atoms with Crippen LogP contribution in [0, 0.1) is 0 Å². The predicted octanol–water partition coefficient (Wildman–Crippen LogP) is 7.72. The lowest BCUT2D eigenvalue weighted by Gasteiger charge is -2.36. The third kappa shape index (κ3) is 8.46. The van der Waals surface area contributed by atoms with E-state index in [4.69, 9.17) is 28.2 Å². The Hall–Kier alpha value is -4.08. The molecule has 0 aliphatic carbocycles. The highest BCUT2D eigenvalue weighted by Gasteiger charge is 2.37. The van der Waals surface area contributed by atoms with Gasteiger partial charge in [0.05, 0.1) is 19.1 Å². The van der Waals surface area contributed by atoms with Gasteiger partial charge in [-0.3, -0.25) is 0 Å². The molecule has 0 saturated heterocycles. The zero-order valence-corrected chi connectivity index (χ0v) is 23.8. The maximum atomic E-state index is 10.7. The molecule has 4 rings (SSSR count). The number of rotatable bonds is 9. The standard InChI is InChI=1S/C18H14O4.C12H20O4Si/c19-18(20)17-10-13(12-22-17)11-21-16-8-6-15(7-9-16)14-4-2-1-3-5-14;1-12(2,3)17(4,5)16-8-9-6-10(11(13)14)15-7-9/h1-10,12H,11H2,(H,19,20);6-7H,8H2,1-5H3,(H,13,14). The summed E-state index contributed by atoms with van der Waals surface area (Å²) in [5.41, 5.74) is 3.72. The molecule has 2 aromatic heterocycles.